The van der Waals surface area contributed by atoms with Gasteiger partial charge in [0.15, 0.2) is 0 Å². The van der Waals surface area contributed by atoms with Gasteiger partial charge in [0, 0.05) is 99.5 Å². The molecule has 0 N–H and O–H groups in total. The molecule has 0 aliphatic carbocycles. The minimum absolute atomic E-state index is 0. The zero-order chi connectivity index (χ0) is 14.3. The Morgan fingerprint density at radius 2 is 0.316 bits per heavy atom. The Labute approximate surface area is 145 Å². The van der Waals surface area contributed by atoms with Crippen molar-refractivity contribution in [3.8, 4) is 0 Å². The summed E-state index contributed by atoms with van der Waals surface area (Å²) < 4.78 is 0. The number of hydrogen-bond acceptors (Lipinski definition) is 0. The van der Waals surface area contributed by atoms with Gasteiger partial charge in [0.1, 0.15) is 0 Å². The van der Waals surface area contributed by atoms with Gasteiger partial charge in [-0.25, -0.2) is 0 Å². The van der Waals surface area contributed by atoms with Gasteiger partial charge in [-0.05, 0) is 31.7 Å². The smallest absolute Gasteiger partial charge is 0.0461 e. The van der Waals surface area contributed by atoms with Crippen molar-refractivity contribution in [2.45, 2.75) is 14.9 Å². The van der Waals surface area contributed by atoms with Crippen molar-refractivity contribution in [2.24, 2.45) is 0 Å². The molecule has 0 amide bonds. The van der Waals surface area contributed by atoms with Gasteiger partial charge in [0.05, 0.1) is 0 Å². The molecule has 0 spiro atoms. The fourth-order valence-corrected chi connectivity index (χ4v) is 0. The van der Waals surface area contributed by atoms with Gasteiger partial charge in [0.2, 0.25) is 0 Å². The van der Waals surface area contributed by atoms with Crippen molar-refractivity contribution in [3.05, 3.63) is 0 Å². The first-order valence-electron chi connectivity index (χ1n) is 6.00. The van der Waals surface area contributed by atoms with Gasteiger partial charge in [-0.2, -0.15) is 0 Å². The van der Waals surface area contributed by atoms with Crippen LogP contribution in [-0.2, 0) is 19.5 Å². The summed E-state index contributed by atoms with van der Waals surface area (Å²) in [6.45, 7) is 27.2. The molecular formula is C14H48P4Ru+4. The van der Waals surface area contributed by atoms with E-state index in [4.69, 9.17) is 0 Å². The number of hydrogen-bond donors (Lipinski definition) is 0. The third-order valence-corrected chi connectivity index (χ3v) is 0. The van der Waals surface area contributed by atoms with Crippen LogP contribution in [0.2, 0.25) is 0 Å². The van der Waals surface area contributed by atoms with E-state index in [1.807, 2.05) is 0 Å². The summed E-state index contributed by atoms with van der Waals surface area (Å²) in [4.78, 5) is 0. The first-order chi connectivity index (χ1) is 6.93. The Hall–Kier alpha value is 2.34. The van der Waals surface area contributed by atoms with Crippen molar-refractivity contribution < 1.29 is 19.5 Å². The summed E-state index contributed by atoms with van der Waals surface area (Å²) in [6, 6.07) is 0. The molecular weight excluding hydrogens is 393 g/mol. The minimum atomic E-state index is 0. The summed E-state index contributed by atoms with van der Waals surface area (Å²) >= 11 is 0. The van der Waals surface area contributed by atoms with Crippen molar-refractivity contribution >= 4 is 31.7 Å². The van der Waals surface area contributed by atoms with Gasteiger partial charge in [-0.3, -0.25) is 0 Å². The topological polar surface area (TPSA) is 0 Å². The van der Waals surface area contributed by atoms with E-state index in [0.29, 0.717) is 0 Å². The molecule has 0 rings (SSSR count). The van der Waals surface area contributed by atoms with E-state index in [2.05, 4.69) is 80.0 Å². The van der Waals surface area contributed by atoms with E-state index in [1.54, 1.807) is 0 Å². The molecule has 128 valence electrons. The molecule has 0 aromatic carbocycles. The van der Waals surface area contributed by atoms with Gasteiger partial charge in [-0.1, -0.05) is 14.9 Å². The van der Waals surface area contributed by atoms with Crippen LogP contribution >= 0.6 is 31.7 Å². The average molecular weight is 442 g/mol. The summed E-state index contributed by atoms with van der Waals surface area (Å²) in [5.41, 5.74) is 0. The first-order valence-corrected chi connectivity index (χ1v) is 18.0. The summed E-state index contributed by atoms with van der Waals surface area (Å²) in [6.07, 6.45) is 0. The van der Waals surface area contributed by atoms with Gasteiger partial charge < -0.3 is 0 Å². The fraction of sp³-hybridized carbons (Fsp3) is 1.00. The minimum Gasteiger partial charge on any atom is -0.0776 e. The molecule has 0 unspecified atom stereocenters. The Kier molecular flexibility index (Phi) is 83.6. The molecule has 0 heterocycles. The molecule has 0 radical (unpaired) electrons. The van der Waals surface area contributed by atoms with E-state index < -0.39 is 0 Å². The average Bonchev–Trinajstić information content (AvgIpc) is 1.76. The first kappa shape index (κ1) is 42.9. The maximum Gasteiger partial charge on any atom is 0.0461 e. The molecule has 0 aliphatic heterocycles. The van der Waals surface area contributed by atoms with Crippen LogP contribution in [0, 0.1) is 0 Å². The SMILES string of the molecule is C.C.C[PH+](C)C.C[PH+](C)C.C[PH+](C)C.C[PH+](C)C.[Ru]. The zero-order valence-corrected chi connectivity index (χ0v) is 20.1. The molecule has 0 atom stereocenters. The van der Waals surface area contributed by atoms with Crippen LogP contribution in [0.1, 0.15) is 14.9 Å². The van der Waals surface area contributed by atoms with Crippen LogP contribution in [0.15, 0.2) is 0 Å². The third-order valence-electron chi connectivity index (χ3n) is 0. The van der Waals surface area contributed by atoms with Crippen molar-refractivity contribution in [1.29, 1.82) is 0 Å². The molecule has 5 heteroatoms. The van der Waals surface area contributed by atoms with E-state index in [9.17, 15) is 0 Å². The van der Waals surface area contributed by atoms with Crippen LogP contribution in [-0.4, -0.2) is 80.0 Å². The van der Waals surface area contributed by atoms with Crippen molar-refractivity contribution in [2.75, 3.05) is 80.0 Å². The quantitative estimate of drug-likeness (QED) is 0.338. The largest absolute Gasteiger partial charge is 0.0776 e. The molecule has 19 heavy (non-hydrogen) atoms. The standard InChI is InChI=1S/4C3H9P.2CH4.Ru/c4*1-4(2)3;;;/h4*1-3H3;2*1H4;/p+4. The van der Waals surface area contributed by atoms with Crippen LogP contribution in [0.5, 0.6) is 0 Å². The van der Waals surface area contributed by atoms with Gasteiger partial charge in [-0.15, -0.1) is 0 Å². The van der Waals surface area contributed by atoms with Crippen LogP contribution in [0.25, 0.3) is 0 Å². The molecule has 0 nitrogen and oxygen atoms in total. The van der Waals surface area contributed by atoms with E-state index in [0.717, 1.165) is 0 Å². The Morgan fingerprint density at radius 1 is 0.316 bits per heavy atom. The Bertz CT molecular complexity index is 62.4. The Morgan fingerprint density at radius 3 is 0.316 bits per heavy atom. The second-order valence-electron chi connectivity index (χ2n) is 6.00. The molecule has 0 aliphatic rings. The number of rotatable bonds is 0. The predicted octanol–water partition coefficient (Wildman–Crippen LogP) is 5.63. The molecule has 0 saturated heterocycles. The summed E-state index contributed by atoms with van der Waals surface area (Å²) in [7, 11) is 0.481. The third kappa shape index (κ3) is 1250. The predicted molar refractivity (Wildman–Crippen MR) is 118 cm³/mol. The summed E-state index contributed by atoms with van der Waals surface area (Å²) in [5, 5.41) is 0. The molecule has 0 bridgehead atoms. The van der Waals surface area contributed by atoms with Crippen molar-refractivity contribution in [1.82, 2.24) is 0 Å². The molecule has 0 saturated carbocycles. The normalized spacial score (nSPS) is 7.58. The summed E-state index contributed by atoms with van der Waals surface area (Å²) in [5.74, 6) is 0. The Balaban J connectivity index is -0.0000000192. The maximum atomic E-state index is 2.27. The van der Waals surface area contributed by atoms with Gasteiger partial charge >= 0.3 is 0 Å². The monoisotopic (exact) mass is 442 g/mol. The van der Waals surface area contributed by atoms with Crippen molar-refractivity contribution in [3.63, 3.8) is 0 Å². The zero-order valence-electron chi connectivity index (χ0n) is 14.4. The molecule has 0 aromatic heterocycles. The van der Waals surface area contributed by atoms with Crippen LogP contribution in [0.4, 0.5) is 0 Å². The fourth-order valence-electron chi connectivity index (χ4n) is 0. The van der Waals surface area contributed by atoms with Crippen LogP contribution in [0.3, 0.4) is 0 Å². The maximum absolute atomic E-state index is 2.27. The second-order valence-corrected chi connectivity index (χ2v) is 18.0. The molecule has 0 fully saturated rings. The van der Waals surface area contributed by atoms with Gasteiger partial charge in [0.25, 0.3) is 0 Å². The van der Waals surface area contributed by atoms with E-state index >= 15 is 0 Å². The van der Waals surface area contributed by atoms with E-state index in [-0.39, 0.29) is 66.0 Å². The van der Waals surface area contributed by atoms with Crippen LogP contribution < -0.4 is 0 Å². The second kappa shape index (κ2) is 37.0. The van der Waals surface area contributed by atoms with E-state index in [1.165, 1.54) is 0 Å². The molecule has 0 aromatic rings.